The third-order valence-corrected chi connectivity index (χ3v) is 3.55. The summed E-state index contributed by atoms with van der Waals surface area (Å²) in [6, 6.07) is 4.64. The number of amides is 1. The first kappa shape index (κ1) is 14.1. The van der Waals surface area contributed by atoms with E-state index in [0.717, 1.165) is 5.56 Å². The Morgan fingerprint density at radius 3 is 2.45 bits per heavy atom. The van der Waals surface area contributed by atoms with Gasteiger partial charge in [0.1, 0.15) is 5.75 Å². The quantitative estimate of drug-likeness (QED) is 0.583. The Hall–Kier alpha value is -2.30. The Labute approximate surface area is 116 Å². The van der Waals surface area contributed by atoms with E-state index in [1.807, 2.05) is 6.08 Å². The van der Waals surface area contributed by atoms with Crippen molar-refractivity contribution in [1.82, 2.24) is 0 Å². The zero-order chi connectivity index (χ0) is 14.7. The van der Waals surface area contributed by atoms with E-state index in [-0.39, 0.29) is 11.7 Å². The van der Waals surface area contributed by atoms with Gasteiger partial charge in [-0.1, -0.05) is 12.2 Å². The molecule has 2 atom stereocenters. The number of phenolic OH excluding ortho intramolecular Hbond substituents is 1. The van der Waals surface area contributed by atoms with Gasteiger partial charge in [-0.2, -0.15) is 0 Å². The van der Waals surface area contributed by atoms with Gasteiger partial charge in [0.15, 0.2) is 0 Å². The molecule has 0 unspecified atom stereocenters. The van der Waals surface area contributed by atoms with E-state index in [9.17, 15) is 14.7 Å². The molecule has 5 nitrogen and oxygen atoms in total. The van der Waals surface area contributed by atoms with Crippen LogP contribution in [0.2, 0.25) is 0 Å². The van der Waals surface area contributed by atoms with Crippen LogP contribution in [-0.2, 0) is 9.59 Å². The van der Waals surface area contributed by atoms with Crippen molar-refractivity contribution < 1.29 is 19.8 Å². The van der Waals surface area contributed by atoms with Crippen molar-refractivity contribution in [2.45, 2.75) is 19.8 Å². The van der Waals surface area contributed by atoms with Crippen LogP contribution in [0.25, 0.3) is 0 Å². The zero-order valence-corrected chi connectivity index (χ0v) is 11.2. The minimum Gasteiger partial charge on any atom is -0.508 e. The lowest BCUT2D eigenvalue weighted by atomic mass is 9.82. The smallest absolute Gasteiger partial charge is 0.307 e. The molecule has 0 aliphatic heterocycles. The third-order valence-electron chi connectivity index (χ3n) is 3.55. The van der Waals surface area contributed by atoms with Gasteiger partial charge in [-0.25, -0.2) is 0 Å². The molecule has 0 saturated carbocycles. The van der Waals surface area contributed by atoms with Gasteiger partial charge in [0.2, 0.25) is 5.91 Å². The van der Waals surface area contributed by atoms with E-state index in [2.05, 4.69) is 5.32 Å². The van der Waals surface area contributed by atoms with Gasteiger partial charge < -0.3 is 15.5 Å². The fourth-order valence-electron chi connectivity index (χ4n) is 2.39. The molecule has 5 heteroatoms. The van der Waals surface area contributed by atoms with Crippen LogP contribution < -0.4 is 5.32 Å². The minimum absolute atomic E-state index is 0.129. The molecule has 1 amide bonds. The number of hydrogen-bond acceptors (Lipinski definition) is 3. The molecule has 0 saturated heterocycles. The van der Waals surface area contributed by atoms with Crippen LogP contribution in [0, 0.1) is 18.8 Å². The fourth-order valence-corrected chi connectivity index (χ4v) is 2.39. The topological polar surface area (TPSA) is 86.6 Å². The van der Waals surface area contributed by atoms with Crippen LogP contribution in [0.4, 0.5) is 5.69 Å². The molecular weight excluding hydrogens is 258 g/mol. The lowest BCUT2D eigenvalue weighted by molar-refractivity contribution is -0.146. The maximum Gasteiger partial charge on any atom is 0.307 e. The molecule has 0 bridgehead atoms. The number of allylic oxidation sites excluding steroid dienone is 2. The second-order valence-corrected chi connectivity index (χ2v) is 4.98. The van der Waals surface area contributed by atoms with E-state index >= 15 is 0 Å². The molecule has 106 valence electrons. The Bertz CT molecular complexity index is 565. The number of hydrogen-bond donors (Lipinski definition) is 3. The third kappa shape index (κ3) is 2.99. The number of carboxylic acids is 1. The minimum atomic E-state index is -0.947. The predicted molar refractivity (Wildman–Crippen MR) is 74.5 cm³/mol. The summed E-state index contributed by atoms with van der Waals surface area (Å²) >= 11 is 0. The van der Waals surface area contributed by atoms with Gasteiger partial charge in [-0.15, -0.1) is 0 Å². The molecular formula is C15H17NO4. The van der Waals surface area contributed by atoms with Crippen molar-refractivity contribution in [3.8, 4) is 5.75 Å². The van der Waals surface area contributed by atoms with Gasteiger partial charge >= 0.3 is 5.97 Å². The van der Waals surface area contributed by atoms with E-state index in [0.29, 0.717) is 18.5 Å². The number of aryl methyl sites for hydroxylation is 1. The lowest BCUT2D eigenvalue weighted by Gasteiger charge is -2.24. The number of rotatable bonds is 3. The lowest BCUT2D eigenvalue weighted by Crippen LogP contribution is -2.34. The molecule has 1 aromatic carbocycles. The Balaban J connectivity index is 2.14. The summed E-state index contributed by atoms with van der Waals surface area (Å²) in [5.41, 5.74) is 1.32. The number of nitrogens with one attached hydrogen (secondary N) is 1. The average molecular weight is 275 g/mol. The van der Waals surface area contributed by atoms with Crippen molar-refractivity contribution in [2.75, 3.05) is 5.32 Å². The Morgan fingerprint density at radius 1 is 1.20 bits per heavy atom. The SMILES string of the molecule is Cc1cc(O)ccc1NC(=O)[C@@H]1CC=CC[C@@H]1C(=O)O. The van der Waals surface area contributed by atoms with Crippen molar-refractivity contribution in [3.63, 3.8) is 0 Å². The first-order valence-corrected chi connectivity index (χ1v) is 6.47. The molecule has 0 heterocycles. The summed E-state index contributed by atoms with van der Waals surface area (Å²) in [5, 5.41) is 21.2. The van der Waals surface area contributed by atoms with Crippen molar-refractivity contribution >= 4 is 17.6 Å². The van der Waals surface area contributed by atoms with E-state index < -0.39 is 17.8 Å². The van der Waals surface area contributed by atoms with Gasteiger partial charge in [0.05, 0.1) is 11.8 Å². The Kier molecular flexibility index (Phi) is 4.08. The van der Waals surface area contributed by atoms with Crippen LogP contribution in [0.3, 0.4) is 0 Å². The number of carbonyl (C=O) groups excluding carboxylic acids is 1. The molecule has 0 spiro atoms. The molecule has 0 aromatic heterocycles. The highest BCUT2D eigenvalue weighted by Crippen LogP contribution is 2.28. The number of aromatic hydroxyl groups is 1. The van der Waals surface area contributed by atoms with Crippen LogP contribution in [-0.4, -0.2) is 22.1 Å². The summed E-state index contributed by atoms with van der Waals surface area (Å²) in [5.74, 6) is -2.36. The van der Waals surface area contributed by atoms with E-state index in [1.54, 1.807) is 25.1 Å². The highest BCUT2D eigenvalue weighted by molar-refractivity contribution is 5.96. The van der Waals surface area contributed by atoms with Crippen molar-refractivity contribution in [2.24, 2.45) is 11.8 Å². The predicted octanol–water partition coefficient (Wildman–Crippen LogP) is 2.31. The maximum atomic E-state index is 12.2. The van der Waals surface area contributed by atoms with Crippen LogP contribution >= 0.6 is 0 Å². The molecule has 0 fully saturated rings. The monoisotopic (exact) mass is 275 g/mol. The summed E-state index contributed by atoms with van der Waals surface area (Å²) in [6.07, 6.45) is 4.45. The summed E-state index contributed by atoms with van der Waals surface area (Å²) in [6.45, 7) is 1.77. The van der Waals surface area contributed by atoms with Gasteiger partial charge in [0, 0.05) is 5.69 Å². The number of aliphatic carboxylic acids is 1. The fraction of sp³-hybridized carbons (Fsp3) is 0.333. The van der Waals surface area contributed by atoms with Crippen LogP contribution in [0.15, 0.2) is 30.4 Å². The zero-order valence-electron chi connectivity index (χ0n) is 11.2. The molecule has 3 N–H and O–H groups in total. The van der Waals surface area contributed by atoms with Gasteiger partial charge in [-0.05, 0) is 43.5 Å². The van der Waals surface area contributed by atoms with Gasteiger partial charge in [-0.3, -0.25) is 9.59 Å². The van der Waals surface area contributed by atoms with Crippen molar-refractivity contribution in [3.05, 3.63) is 35.9 Å². The largest absolute Gasteiger partial charge is 0.508 e. The number of carboxylic acid groups (broad SMARTS) is 1. The number of carbonyl (C=O) groups is 2. The number of benzene rings is 1. The summed E-state index contributed by atoms with van der Waals surface area (Å²) < 4.78 is 0. The average Bonchev–Trinajstić information content (AvgIpc) is 2.41. The molecule has 1 aliphatic carbocycles. The molecule has 1 aromatic rings. The number of phenols is 1. The first-order valence-electron chi connectivity index (χ1n) is 6.47. The maximum absolute atomic E-state index is 12.2. The number of anilines is 1. The summed E-state index contributed by atoms with van der Waals surface area (Å²) in [4.78, 5) is 23.4. The standard InChI is InChI=1S/C15H17NO4/c1-9-8-10(17)6-7-13(9)16-14(18)11-4-2-3-5-12(11)15(19)20/h2-3,6-8,11-12,17H,4-5H2,1H3,(H,16,18)(H,19,20)/t11-,12+/m1/s1. The molecule has 20 heavy (non-hydrogen) atoms. The second-order valence-electron chi connectivity index (χ2n) is 4.98. The molecule has 2 rings (SSSR count). The summed E-state index contributed by atoms with van der Waals surface area (Å²) in [7, 11) is 0. The molecule has 0 radical (unpaired) electrons. The van der Waals surface area contributed by atoms with Gasteiger partial charge in [0.25, 0.3) is 0 Å². The molecule has 1 aliphatic rings. The van der Waals surface area contributed by atoms with Crippen molar-refractivity contribution in [1.29, 1.82) is 0 Å². The highest BCUT2D eigenvalue weighted by atomic mass is 16.4. The van der Waals surface area contributed by atoms with E-state index in [1.165, 1.54) is 6.07 Å². The normalized spacial score (nSPS) is 21.4. The van der Waals surface area contributed by atoms with Crippen LogP contribution in [0.5, 0.6) is 5.75 Å². The Morgan fingerprint density at radius 2 is 1.85 bits per heavy atom. The second kappa shape index (κ2) is 5.77. The van der Waals surface area contributed by atoms with E-state index in [4.69, 9.17) is 5.11 Å². The first-order chi connectivity index (χ1) is 9.49. The highest BCUT2D eigenvalue weighted by Gasteiger charge is 2.34. The van der Waals surface area contributed by atoms with Crippen LogP contribution in [0.1, 0.15) is 18.4 Å².